The van der Waals surface area contributed by atoms with Gasteiger partial charge in [-0.25, -0.2) is 4.79 Å². The van der Waals surface area contributed by atoms with E-state index in [0.717, 1.165) is 5.56 Å². The molecule has 0 unspecified atom stereocenters. The van der Waals surface area contributed by atoms with Crippen molar-refractivity contribution in [3.8, 4) is 5.75 Å². The maximum atomic E-state index is 11.6. The first kappa shape index (κ1) is 19.2. The monoisotopic (exact) mass is 335 g/mol. The van der Waals surface area contributed by atoms with Crippen LogP contribution >= 0.6 is 0 Å². The van der Waals surface area contributed by atoms with E-state index in [-0.39, 0.29) is 19.0 Å². The molecule has 0 aliphatic heterocycles. The molecule has 7 nitrogen and oxygen atoms in total. The molecular weight excluding hydrogens is 314 g/mol. The van der Waals surface area contributed by atoms with Crippen LogP contribution in [0.3, 0.4) is 0 Å². The summed E-state index contributed by atoms with van der Waals surface area (Å²) in [4.78, 5) is 33.9. The molecule has 0 saturated heterocycles. The minimum atomic E-state index is -0.623. The number of carbonyl (C=O) groups is 3. The fourth-order valence-electron chi connectivity index (χ4n) is 1.71. The molecule has 1 amide bonds. The number of nitrogens with one attached hydrogen (secondary N) is 1. The van der Waals surface area contributed by atoms with E-state index in [1.807, 2.05) is 0 Å². The van der Waals surface area contributed by atoms with E-state index in [0.29, 0.717) is 18.7 Å². The summed E-state index contributed by atoms with van der Waals surface area (Å²) in [6.07, 6.45) is 3.49. The number of ether oxygens (including phenoxy) is 3. The first-order valence-corrected chi connectivity index (χ1v) is 7.37. The molecule has 0 spiro atoms. The zero-order valence-corrected chi connectivity index (χ0v) is 13.7. The maximum absolute atomic E-state index is 11.6. The Kier molecular flexibility index (Phi) is 8.67. The number of benzene rings is 1. The van der Waals surface area contributed by atoms with Crippen molar-refractivity contribution in [3.05, 3.63) is 35.9 Å². The summed E-state index contributed by atoms with van der Waals surface area (Å²) >= 11 is 0. The molecule has 0 radical (unpaired) electrons. The quantitative estimate of drug-likeness (QED) is 0.416. The van der Waals surface area contributed by atoms with Gasteiger partial charge in [0.2, 0.25) is 0 Å². The lowest BCUT2D eigenvalue weighted by Gasteiger charge is -2.05. The van der Waals surface area contributed by atoms with Gasteiger partial charge in [0.1, 0.15) is 5.75 Å². The second-order valence-corrected chi connectivity index (χ2v) is 4.75. The molecule has 0 fully saturated rings. The van der Waals surface area contributed by atoms with Crippen LogP contribution in [0.15, 0.2) is 30.3 Å². The Morgan fingerprint density at radius 3 is 2.71 bits per heavy atom. The molecule has 130 valence electrons. The molecular formula is C17H21NO6. The van der Waals surface area contributed by atoms with Gasteiger partial charge in [0.25, 0.3) is 5.91 Å². The molecule has 1 aromatic carbocycles. The van der Waals surface area contributed by atoms with Crippen LogP contribution in [0.1, 0.15) is 18.4 Å². The van der Waals surface area contributed by atoms with E-state index in [9.17, 15) is 14.4 Å². The number of hydrogen-bond donors (Lipinski definition) is 1. The Labute approximate surface area is 140 Å². The van der Waals surface area contributed by atoms with Crippen LogP contribution < -0.4 is 10.1 Å². The predicted octanol–water partition coefficient (Wildman–Crippen LogP) is 1.32. The summed E-state index contributed by atoms with van der Waals surface area (Å²) in [6.45, 7) is -0.0648. The Hall–Kier alpha value is -2.83. The van der Waals surface area contributed by atoms with Crippen molar-refractivity contribution in [1.82, 2.24) is 5.32 Å². The number of esters is 2. The zero-order valence-electron chi connectivity index (χ0n) is 13.7. The van der Waals surface area contributed by atoms with E-state index in [1.54, 1.807) is 37.5 Å². The van der Waals surface area contributed by atoms with Gasteiger partial charge in [0, 0.05) is 19.0 Å². The van der Waals surface area contributed by atoms with Crippen LogP contribution in [0.5, 0.6) is 5.75 Å². The summed E-state index contributed by atoms with van der Waals surface area (Å²) in [5.41, 5.74) is 0.776. The fraction of sp³-hybridized carbons (Fsp3) is 0.353. The third kappa shape index (κ3) is 7.98. The Morgan fingerprint density at radius 2 is 2.00 bits per heavy atom. The van der Waals surface area contributed by atoms with E-state index in [1.165, 1.54) is 13.2 Å². The van der Waals surface area contributed by atoms with E-state index < -0.39 is 11.9 Å². The standard InChI is InChI=1S/C17H21NO6/c1-22-14-6-3-5-13(11-14)8-9-17(21)24-12-15(19)18-10-4-7-16(20)23-2/h3,5-6,8-9,11H,4,7,10,12H2,1-2H3,(H,18,19)/b9-8+. The van der Waals surface area contributed by atoms with Crippen molar-refractivity contribution < 1.29 is 28.6 Å². The van der Waals surface area contributed by atoms with Crippen LogP contribution in [0, 0.1) is 0 Å². The summed E-state index contributed by atoms with van der Waals surface area (Å²) in [7, 11) is 2.86. The minimum Gasteiger partial charge on any atom is -0.497 e. The summed E-state index contributed by atoms with van der Waals surface area (Å²) in [6, 6.07) is 7.16. The van der Waals surface area contributed by atoms with E-state index in [4.69, 9.17) is 9.47 Å². The van der Waals surface area contributed by atoms with Crippen molar-refractivity contribution in [3.63, 3.8) is 0 Å². The van der Waals surface area contributed by atoms with Gasteiger partial charge < -0.3 is 19.5 Å². The zero-order chi connectivity index (χ0) is 17.8. The molecule has 1 aromatic rings. The number of amides is 1. The number of hydrogen-bond acceptors (Lipinski definition) is 6. The molecule has 0 heterocycles. The van der Waals surface area contributed by atoms with Crippen molar-refractivity contribution in [2.24, 2.45) is 0 Å². The van der Waals surface area contributed by atoms with Gasteiger partial charge in [-0.2, -0.15) is 0 Å². The highest BCUT2D eigenvalue weighted by Crippen LogP contribution is 2.13. The lowest BCUT2D eigenvalue weighted by molar-refractivity contribution is -0.143. The largest absolute Gasteiger partial charge is 0.497 e. The van der Waals surface area contributed by atoms with E-state index >= 15 is 0 Å². The second-order valence-electron chi connectivity index (χ2n) is 4.75. The number of carbonyl (C=O) groups excluding carboxylic acids is 3. The van der Waals surface area contributed by atoms with E-state index in [2.05, 4.69) is 10.1 Å². The molecule has 0 bridgehead atoms. The predicted molar refractivity (Wildman–Crippen MR) is 87.2 cm³/mol. The van der Waals surface area contributed by atoms with Crippen molar-refractivity contribution in [1.29, 1.82) is 0 Å². The average Bonchev–Trinajstić information content (AvgIpc) is 2.61. The van der Waals surface area contributed by atoms with Crippen LogP contribution in [0.4, 0.5) is 0 Å². The lowest BCUT2D eigenvalue weighted by atomic mass is 10.2. The van der Waals surface area contributed by atoms with Gasteiger partial charge in [0.05, 0.1) is 14.2 Å². The SMILES string of the molecule is COC(=O)CCCNC(=O)COC(=O)/C=C/c1cccc(OC)c1. The first-order chi connectivity index (χ1) is 11.5. The van der Waals surface area contributed by atoms with Crippen LogP contribution in [0.25, 0.3) is 6.08 Å². The average molecular weight is 335 g/mol. The highest BCUT2D eigenvalue weighted by molar-refractivity contribution is 5.89. The lowest BCUT2D eigenvalue weighted by Crippen LogP contribution is -2.29. The summed E-state index contributed by atoms with van der Waals surface area (Å²) < 4.78 is 14.4. The maximum Gasteiger partial charge on any atom is 0.331 e. The highest BCUT2D eigenvalue weighted by atomic mass is 16.5. The van der Waals surface area contributed by atoms with Gasteiger partial charge in [0.15, 0.2) is 6.61 Å². The van der Waals surface area contributed by atoms with Crippen molar-refractivity contribution in [2.75, 3.05) is 27.4 Å². The van der Waals surface area contributed by atoms with Crippen LogP contribution in [-0.2, 0) is 23.9 Å². The highest BCUT2D eigenvalue weighted by Gasteiger charge is 2.05. The molecule has 0 atom stereocenters. The molecule has 0 aromatic heterocycles. The summed E-state index contributed by atoms with van der Waals surface area (Å²) in [5.74, 6) is -0.708. The fourth-order valence-corrected chi connectivity index (χ4v) is 1.71. The Balaban J connectivity index is 2.26. The van der Waals surface area contributed by atoms with Crippen molar-refractivity contribution in [2.45, 2.75) is 12.8 Å². The summed E-state index contributed by atoms with van der Waals surface area (Å²) in [5, 5.41) is 2.54. The normalized spacial score (nSPS) is 10.2. The van der Waals surface area contributed by atoms with Crippen LogP contribution in [-0.4, -0.2) is 45.2 Å². The molecule has 0 saturated carbocycles. The number of rotatable bonds is 9. The van der Waals surface area contributed by atoms with Gasteiger partial charge in [-0.05, 0) is 30.2 Å². The minimum absolute atomic E-state index is 0.222. The van der Waals surface area contributed by atoms with Gasteiger partial charge in [-0.15, -0.1) is 0 Å². The molecule has 0 aliphatic carbocycles. The third-order valence-corrected chi connectivity index (χ3v) is 2.96. The smallest absolute Gasteiger partial charge is 0.331 e. The molecule has 1 N–H and O–H groups in total. The Morgan fingerprint density at radius 1 is 1.21 bits per heavy atom. The van der Waals surface area contributed by atoms with Crippen molar-refractivity contribution >= 4 is 23.9 Å². The Bertz CT molecular complexity index is 596. The second kappa shape index (κ2) is 10.8. The van der Waals surface area contributed by atoms with Gasteiger partial charge in [-0.3, -0.25) is 9.59 Å². The van der Waals surface area contributed by atoms with Crippen LogP contribution in [0.2, 0.25) is 0 Å². The number of methoxy groups -OCH3 is 2. The third-order valence-electron chi connectivity index (χ3n) is 2.96. The molecule has 24 heavy (non-hydrogen) atoms. The molecule has 0 aliphatic rings. The first-order valence-electron chi connectivity index (χ1n) is 7.37. The van der Waals surface area contributed by atoms with Gasteiger partial charge >= 0.3 is 11.9 Å². The molecule has 1 rings (SSSR count). The van der Waals surface area contributed by atoms with Gasteiger partial charge in [-0.1, -0.05) is 12.1 Å². The topological polar surface area (TPSA) is 90.9 Å². The molecule has 7 heteroatoms.